The standard InChI is InChI=1S/C13H15N5OS/c1-8-11-12(17(2)16-8)18(13(20)15-11)7-9-4-5-14-10(6-9)19-3/h4-6H,7H2,1-3H3,(H,15,20). The van der Waals surface area contributed by atoms with Gasteiger partial charge in [-0.2, -0.15) is 5.10 Å². The zero-order chi connectivity index (χ0) is 14.3. The van der Waals surface area contributed by atoms with Gasteiger partial charge in [0.25, 0.3) is 0 Å². The molecule has 0 amide bonds. The van der Waals surface area contributed by atoms with Gasteiger partial charge in [-0.3, -0.25) is 9.25 Å². The molecule has 0 radical (unpaired) electrons. The minimum atomic E-state index is 0.599. The minimum Gasteiger partial charge on any atom is -0.481 e. The van der Waals surface area contributed by atoms with Gasteiger partial charge in [0.05, 0.1) is 19.3 Å². The molecule has 3 aromatic heterocycles. The van der Waals surface area contributed by atoms with Crippen molar-refractivity contribution in [3.8, 4) is 5.88 Å². The van der Waals surface area contributed by atoms with Gasteiger partial charge in [-0.1, -0.05) is 0 Å². The Morgan fingerprint density at radius 2 is 2.25 bits per heavy atom. The van der Waals surface area contributed by atoms with E-state index in [9.17, 15) is 0 Å². The second kappa shape index (κ2) is 4.75. The van der Waals surface area contributed by atoms with E-state index in [1.165, 1.54) is 0 Å². The molecule has 0 aliphatic carbocycles. The van der Waals surface area contributed by atoms with E-state index in [4.69, 9.17) is 17.0 Å². The molecule has 0 saturated carbocycles. The fraction of sp³-hybridized carbons (Fsp3) is 0.308. The average molecular weight is 289 g/mol. The quantitative estimate of drug-likeness (QED) is 0.751. The summed E-state index contributed by atoms with van der Waals surface area (Å²) >= 11 is 5.41. The monoisotopic (exact) mass is 289 g/mol. The molecular formula is C13H15N5OS. The van der Waals surface area contributed by atoms with Crippen LogP contribution in [0.2, 0.25) is 0 Å². The molecule has 0 aliphatic heterocycles. The van der Waals surface area contributed by atoms with E-state index in [0.717, 1.165) is 22.4 Å². The fourth-order valence-corrected chi connectivity index (χ4v) is 2.62. The minimum absolute atomic E-state index is 0.599. The predicted molar refractivity (Wildman–Crippen MR) is 78.5 cm³/mol. The molecule has 0 atom stereocenters. The Balaban J connectivity index is 2.10. The van der Waals surface area contributed by atoms with Crippen LogP contribution in [0.3, 0.4) is 0 Å². The van der Waals surface area contributed by atoms with Gasteiger partial charge >= 0.3 is 0 Å². The van der Waals surface area contributed by atoms with E-state index in [1.807, 2.05) is 35.4 Å². The van der Waals surface area contributed by atoms with Crippen LogP contribution in [-0.4, -0.2) is 31.4 Å². The maximum atomic E-state index is 5.41. The van der Waals surface area contributed by atoms with E-state index in [-0.39, 0.29) is 0 Å². The van der Waals surface area contributed by atoms with Crippen molar-refractivity contribution in [2.24, 2.45) is 7.05 Å². The molecule has 3 aromatic rings. The molecule has 20 heavy (non-hydrogen) atoms. The van der Waals surface area contributed by atoms with Crippen LogP contribution in [0.5, 0.6) is 5.88 Å². The highest BCUT2D eigenvalue weighted by atomic mass is 32.1. The third kappa shape index (κ3) is 2.00. The molecule has 3 rings (SSSR count). The third-order valence-corrected chi connectivity index (χ3v) is 3.60. The second-order valence-corrected chi connectivity index (χ2v) is 5.02. The molecule has 7 heteroatoms. The number of H-pyrrole nitrogens is 1. The highest BCUT2D eigenvalue weighted by molar-refractivity contribution is 7.71. The molecule has 0 fully saturated rings. The summed E-state index contributed by atoms with van der Waals surface area (Å²) in [5, 5.41) is 4.41. The number of aromatic nitrogens is 5. The summed E-state index contributed by atoms with van der Waals surface area (Å²) in [7, 11) is 3.53. The van der Waals surface area contributed by atoms with Crippen LogP contribution in [0.15, 0.2) is 18.3 Å². The normalized spacial score (nSPS) is 11.2. The Morgan fingerprint density at radius 3 is 3.00 bits per heavy atom. The molecule has 0 spiro atoms. The molecule has 104 valence electrons. The van der Waals surface area contributed by atoms with E-state index in [1.54, 1.807) is 13.3 Å². The molecule has 0 bridgehead atoms. The second-order valence-electron chi connectivity index (χ2n) is 4.63. The Hall–Kier alpha value is -2.15. The number of imidazole rings is 1. The summed E-state index contributed by atoms with van der Waals surface area (Å²) in [5.74, 6) is 0.599. The first-order valence-electron chi connectivity index (χ1n) is 6.21. The number of pyridine rings is 1. The number of aromatic amines is 1. The van der Waals surface area contributed by atoms with Gasteiger partial charge in [-0.15, -0.1) is 0 Å². The van der Waals surface area contributed by atoms with Crippen molar-refractivity contribution in [3.63, 3.8) is 0 Å². The average Bonchev–Trinajstić information content (AvgIpc) is 2.89. The van der Waals surface area contributed by atoms with Gasteiger partial charge < -0.3 is 9.72 Å². The summed E-state index contributed by atoms with van der Waals surface area (Å²) < 4.78 is 9.70. The number of hydrogen-bond donors (Lipinski definition) is 1. The van der Waals surface area contributed by atoms with Gasteiger partial charge in [-0.05, 0) is 30.8 Å². The zero-order valence-corrected chi connectivity index (χ0v) is 12.4. The number of fused-ring (bicyclic) bond motifs is 1. The number of rotatable bonds is 3. The molecule has 6 nitrogen and oxygen atoms in total. The molecule has 0 aromatic carbocycles. The van der Waals surface area contributed by atoms with Gasteiger partial charge in [0.1, 0.15) is 5.52 Å². The molecule has 1 N–H and O–H groups in total. The highest BCUT2D eigenvalue weighted by Gasteiger charge is 2.13. The number of nitrogens with zero attached hydrogens (tertiary/aromatic N) is 4. The first-order valence-corrected chi connectivity index (χ1v) is 6.62. The predicted octanol–water partition coefficient (Wildman–Crippen LogP) is 2.19. The SMILES string of the molecule is COc1cc(Cn2c(=S)[nH]c3c(C)nn(C)c32)ccn1. The van der Waals surface area contributed by atoms with Crippen LogP contribution in [0, 0.1) is 11.7 Å². The van der Waals surface area contributed by atoms with Gasteiger partial charge in [-0.25, -0.2) is 4.98 Å². The van der Waals surface area contributed by atoms with Gasteiger partial charge in [0, 0.05) is 19.3 Å². The Bertz CT molecular complexity index is 829. The smallest absolute Gasteiger partial charge is 0.213 e. The summed E-state index contributed by atoms with van der Waals surface area (Å²) in [6, 6.07) is 3.86. The maximum absolute atomic E-state index is 5.41. The van der Waals surface area contributed by atoms with Crippen molar-refractivity contribution in [1.82, 2.24) is 24.3 Å². The number of hydrogen-bond acceptors (Lipinski definition) is 4. The lowest BCUT2D eigenvalue weighted by atomic mass is 10.2. The van der Waals surface area contributed by atoms with Crippen molar-refractivity contribution in [1.29, 1.82) is 0 Å². The van der Waals surface area contributed by atoms with Crippen LogP contribution >= 0.6 is 12.2 Å². The molecule has 0 aliphatic rings. The highest BCUT2D eigenvalue weighted by Crippen LogP contribution is 2.19. The zero-order valence-electron chi connectivity index (χ0n) is 11.5. The first kappa shape index (κ1) is 12.9. The summed E-state index contributed by atoms with van der Waals surface area (Å²) in [6.45, 7) is 2.62. The largest absolute Gasteiger partial charge is 0.481 e. The summed E-state index contributed by atoms with van der Waals surface area (Å²) in [6.07, 6.45) is 1.73. The summed E-state index contributed by atoms with van der Waals surface area (Å²) in [4.78, 5) is 7.32. The molecule has 0 saturated heterocycles. The molecule has 0 unspecified atom stereocenters. The van der Waals surface area contributed by atoms with Crippen LogP contribution in [0.1, 0.15) is 11.3 Å². The van der Waals surface area contributed by atoms with Crippen LogP contribution in [-0.2, 0) is 13.6 Å². The van der Waals surface area contributed by atoms with Crippen LogP contribution in [0.4, 0.5) is 0 Å². The lowest BCUT2D eigenvalue weighted by molar-refractivity contribution is 0.397. The van der Waals surface area contributed by atoms with Gasteiger partial charge in [0.15, 0.2) is 10.4 Å². The molecule has 3 heterocycles. The van der Waals surface area contributed by atoms with E-state index >= 15 is 0 Å². The number of ether oxygens (including phenoxy) is 1. The maximum Gasteiger partial charge on any atom is 0.213 e. The van der Waals surface area contributed by atoms with Crippen molar-refractivity contribution in [2.45, 2.75) is 13.5 Å². The molecular weight excluding hydrogens is 274 g/mol. The number of methoxy groups -OCH3 is 1. The fourth-order valence-electron chi connectivity index (χ4n) is 2.36. The summed E-state index contributed by atoms with van der Waals surface area (Å²) in [5.41, 5.74) is 3.99. The number of aryl methyl sites for hydroxylation is 2. The van der Waals surface area contributed by atoms with Crippen molar-refractivity contribution in [2.75, 3.05) is 7.11 Å². The van der Waals surface area contributed by atoms with Crippen molar-refractivity contribution >= 4 is 23.4 Å². The van der Waals surface area contributed by atoms with Crippen LogP contribution in [0.25, 0.3) is 11.2 Å². The topological polar surface area (TPSA) is 60.7 Å². The van der Waals surface area contributed by atoms with Gasteiger partial charge in [0.2, 0.25) is 5.88 Å². The number of nitrogens with one attached hydrogen (secondary N) is 1. The third-order valence-electron chi connectivity index (χ3n) is 3.27. The lowest BCUT2D eigenvalue weighted by Gasteiger charge is -2.06. The van der Waals surface area contributed by atoms with E-state index in [0.29, 0.717) is 17.2 Å². The Morgan fingerprint density at radius 1 is 1.45 bits per heavy atom. The first-order chi connectivity index (χ1) is 9.60. The van der Waals surface area contributed by atoms with E-state index < -0.39 is 0 Å². The Labute approximate surface area is 121 Å². The lowest BCUT2D eigenvalue weighted by Crippen LogP contribution is -2.04. The Kier molecular flexibility index (Phi) is 3.06. The van der Waals surface area contributed by atoms with Crippen LogP contribution < -0.4 is 4.74 Å². The van der Waals surface area contributed by atoms with Crippen molar-refractivity contribution in [3.05, 3.63) is 34.4 Å². The van der Waals surface area contributed by atoms with E-state index in [2.05, 4.69) is 15.1 Å². The van der Waals surface area contributed by atoms with Crippen molar-refractivity contribution < 1.29 is 4.74 Å².